The first-order valence-corrected chi connectivity index (χ1v) is 10.1. The second-order valence-electron chi connectivity index (χ2n) is 6.98. The number of carbonyl (C=O) groups is 2. The Labute approximate surface area is 177 Å². The van der Waals surface area contributed by atoms with E-state index < -0.39 is 6.10 Å². The number of ether oxygens (including phenoxy) is 1. The number of benzene rings is 3. The van der Waals surface area contributed by atoms with Gasteiger partial charge in [0.2, 0.25) is 0 Å². The van der Waals surface area contributed by atoms with Gasteiger partial charge in [-0.05, 0) is 54.8 Å². The second-order valence-corrected chi connectivity index (χ2v) is 6.98. The molecule has 0 aliphatic rings. The number of rotatable bonds is 8. The van der Waals surface area contributed by atoms with Crippen molar-refractivity contribution in [2.75, 3.05) is 11.9 Å². The molecule has 154 valence electrons. The Balaban J connectivity index is 1.59. The molecule has 3 aromatic carbocycles. The zero-order chi connectivity index (χ0) is 21.3. The molecule has 0 aliphatic carbocycles. The third-order valence-corrected chi connectivity index (χ3v) is 4.57. The third kappa shape index (κ3) is 5.70. The van der Waals surface area contributed by atoms with E-state index in [1.54, 1.807) is 31.2 Å². The van der Waals surface area contributed by atoms with E-state index in [1.165, 1.54) is 0 Å². The van der Waals surface area contributed by atoms with Gasteiger partial charge in [0.1, 0.15) is 5.75 Å². The van der Waals surface area contributed by atoms with Crippen LogP contribution in [0.5, 0.6) is 5.75 Å². The summed E-state index contributed by atoms with van der Waals surface area (Å²) in [6.07, 6.45) is 0.175. The minimum Gasteiger partial charge on any atom is -0.481 e. The van der Waals surface area contributed by atoms with E-state index in [0.717, 1.165) is 17.5 Å². The van der Waals surface area contributed by atoms with E-state index in [1.807, 2.05) is 61.5 Å². The normalized spacial score (nSPS) is 11.4. The van der Waals surface area contributed by atoms with Crippen molar-refractivity contribution >= 4 is 17.5 Å². The van der Waals surface area contributed by atoms with E-state index in [9.17, 15) is 9.59 Å². The zero-order valence-electron chi connectivity index (χ0n) is 17.2. The molecule has 3 rings (SSSR count). The van der Waals surface area contributed by atoms with Crippen molar-refractivity contribution in [3.05, 3.63) is 84.4 Å². The van der Waals surface area contributed by atoms with Gasteiger partial charge in [0, 0.05) is 17.8 Å². The van der Waals surface area contributed by atoms with Gasteiger partial charge in [-0.2, -0.15) is 0 Å². The summed E-state index contributed by atoms with van der Waals surface area (Å²) >= 11 is 0. The molecule has 0 heterocycles. The highest BCUT2D eigenvalue weighted by Crippen LogP contribution is 2.23. The van der Waals surface area contributed by atoms with Crippen molar-refractivity contribution in [3.63, 3.8) is 0 Å². The summed E-state index contributed by atoms with van der Waals surface area (Å²) in [6, 6.07) is 24.6. The molecule has 1 unspecified atom stereocenters. The highest BCUT2D eigenvalue weighted by atomic mass is 16.5. The number of anilines is 1. The SMILES string of the molecule is CCCNC(=O)c1cccc(NC(=O)C(C)Oc2ccc(-c3ccccc3)cc2)c1. The van der Waals surface area contributed by atoms with Crippen LogP contribution in [0.1, 0.15) is 30.6 Å². The first-order valence-electron chi connectivity index (χ1n) is 10.1. The second kappa shape index (κ2) is 10.3. The van der Waals surface area contributed by atoms with Crippen LogP contribution < -0.4 is 15.4 Å². The van der Waals surface area contributed by atoms with Crippen molar-refractivity contribution in [2.24, 2.45) is 0 Å². The van der Waals surface area contributed by atoms with Crippen LogP contribution in [0.25, 0.3) is 11.1 Å². The summed E-state index contributed by atoms with van der Waals surface area (Å²) in [5.74, 6) is 0.175. The lowest BCUT2D eigenvalue weighted by atomic mass is 10.1. The maximum Gasteiger partial charge on any atom is 0.265 e. The molecule has 5 nitrogen and oxygen atoms in total. The molecule has 0 aromatic heterocycles. The lowest BCUT2D eigenvalue weighted by Gasteiger charge is -2.15. The molecule has 0 saturated carbocycles. The van der Waals surface area contributed by atoms with Crippen molar-refractivity contribution in [1.82, 2.24) is 5.32 Å². The Bertz CT molecular complexity index is 985. The zero-order valence-corrected chi connectivity index (χ0v) is 17.2. The van der Waals surface area contributed by atoms with Crippen LogP contribution in [0.15, 0.2) is 78.9 Å². The summed E-state index contributed by atoms with van der Waals surface area (Å²) in [5, 5.41) is 5.63. The Morgan fingerprint density at radius 1 is 0.900 bits per heavy atom. The van der Waals surface area contributed by atoms with Crippen LogP contribution in [0, 0.1) is 0 Å². The fourth-order valence-electron chi connectivity index (χ4n) is 2.94. The number of nitrogens with one attached hydrogen (secondary N) is 2. The molecule has 5 heteroatoms. The molecule has 3 aromatic rings. The Hall–Kier alpha value is -3.60. The summed E-state index contributed by atoms with van der Waals surface area (Å²) in [6.45, 7) is 4.30. The lowest BCUT2D eigenvalue weighted by molar-refractivity contribution is -0.122. The first-order chi connectivity index (χ1) is 14.6. The Morgan fingerprint density at radius 3 is 2.30 bits per heavy atom. The maximum absolute atomic E-state index is 12.5. The van der Waals surface area contributed by atoms with Gasteiger partial charge in [0.25, 0.3) is 11.8 Å². The highest BCUT2D eigenvalue weighted by molar-refractivity contribution is 5.98. The summed E-state index contributed by atoms with van der Waals surface area (Å²) in [4.78, 5) is 24.6. The van der Waals surface area contributed by atoms with Gasteiger partial charge in [-0.25, -0.2) is 0 Å². The molecule has 0 bridgehead atoms. The lowest BCUT2D eigenvalue weighted by Crippen LogP contribution is -2.30. The summed E-state index contributed by atoms with van der Waals surface area (Å²) in [5.41, 5.74) is 3.27. The molecule has 2 amide bonds. The number of carbonyl (C=O) groups excluding carboxylic acids is 2. The molecular weight excluding hydrogens is 376 g/mol. The molecule has 0 aliphatic heterocycles. The highest BCUT2D eigenvalue weighted by Gasteiger charge is 2.16. The van der Waals surface area contributed by atoms with Gasteiger partial charge in [0.05, 0.1) is 0 Å². The van der Waals surface area contributed by atoms with Crippen LogP contribution in [0.2, 0.25) is 0 Å². The van der Waals surface area contributed by atoms with Gasteiger partial charge in [0.15, 0.2) is 6.10 Å². The standard InChI is InChI=1S/C25H26N2O3/c1-3-16-26-25(29)21-10-7-11-22(17-21)27-24(28)18(2)30-23-14-12-20(13-15-23)19-8-5-4-6-9-19/h4-15,17-18H,3,16H2,1-2H3,(H,26,29)(H,27,28). The summed E-state index contributed by atoms with van der Waals surface area (Å²) < 4.78 is 5.78. The minimum absolute atomic E-state index is 0.157. The fraction of sp³-hybridized carbons (Fsp3) is 0.200. The largest absolute Gasteiger partial charge is 0.481 e. The van der Waals surface area contributed by atoms with E-state index in [2.05, 4.69) is 10.6 Å². The minimum atomic E-state index is -0.690. The predicted molar refractivity (Wildman–Crippen MR) is 120 cm³/mol. The van der Waals surface area contributed by atoms with Gasteiger partial charge in [-0.15, -0.1) is 0 Å². The molecule has 2 N–H and O–H groups in total. The van der Waals surface area contributed by atoms with Crippen molar-refractivity contribution in [3.8, 4) is 16.9 Å². The molecule has 30 heavy (non-hydrogen) atoms. The molecule has 0 spiro atoms. The van der Waals surface area contributed by atoms with Gasteiger partial charge < -0.3 is 15.4 Å². The Morgan fingerprint density at radius 2 is 1.60 bits per heavy atom. The van der Waals surface area contributed by atoms with Crippen LogP contribution in [0.4, 0.5) is 5.69 Å². The number of amides is 2. The number of hydrogen-bond donors (Lipinski definition) is 2. The predicted octanol–water partition coefficient (Wildman–Crippen LogP) is 4.90. The molecule has 0 radical (unpaired) electrons. The quantitative estimate of drug-likeness (QED) is 0.563. The van der Waals surface area contributed by atoms with E-state index in [-0.39, 0.29) is 11.8 Å². The van der Waals surface area contributed by atoms with Crippen LogP contribution in [0.3, 0.4) is 0 Å². The smallest absolute Gasteiger partial charge is 0.265 e. The van der Waals surface area contributed by atoms with Crippen LogP contribution in [-0.2, 0) is 4.79 Å². The topological polar surface area (TPSA) is 67.4 Å². The van der Waals surface area contributed by atoms with Crippen molar-refractivity contribution in [2.45, 2.75) is 26.4 Å². The van der Waals surface area contributed by atoms with Crippen molar-refractivity contribution < 1.29 is 14.3 Å². The molecular formula is C25H26N2O3. The average molecular weight is 402 g/mol. The van der Waals surface area contributed by atoms with Crippen LogP contribution in [-0.4, -0.2) is 24.5 Å². The van der Waals surface area contributed by atoms with Gasteiger partial charge >= 0.3 is 0 Å². The molecule has 1 atom stereocenters. The molecule has 0 saturated heterocycles. The van der Waals surface area contributed by atoms with Crippen LogP contribution >= 0.6 is 0 Å². The van der Waals surface area contributed by atoms with E-state index in [4.69, 9.17) is 4.74 Å². The number of hydrogen-bond acceptors (Lipinski definition) is 3. The van der Waals surface area contributed by atoms with E-state index in [0.29, 0.717) is 23.5 Å². The molecule has 0 fully saturated rings. The van der Waals surface area contributed by atoms with Gasteiger partial charge in [-0.3, -0.25) is 9.59 Å². The Kier molecular flexibility index (Phi) is 7.22. The first kappa shape index (κ1) is 21.1. The average Bonchev–Trinajstić information content (AvgIpc) is 2.78. The fourth-order valence-corrected chi connectivity index (χ4v) is 2.94. The third-order valence-electron chi connectivity index (χ3n) is 4.57. The van der Waals surface area contributed by atoms with Gasteiger partial charge in [-0.1, -0.05) is 55.5 Å². The monoisotopic (exact) mass is 402 g/mol. The maximum atomic E-state index is 12.5. The van der Waals surface area contributed by atoms with Crippen molar-refractivity contribution in [1.29, 1.82) is 0 Å². The van der Waals surface area contributed by atoms with E-state index >= 15 is 0 Å². The summed E-state index contributed by atoms with van der Waals surface area (Å²) in [7, 11) is 0.